The summed E-state index contributed by atoms with van der Waals surface area (Å²) in [5.74, 6) is -2.07. The van der Waals surface area contributed by atoms with Gasteiger partial charge in [0.05, 0.1) is 17.2 Å². The largest absolute Gasteiger partial charge is 0.497 e. The molecule has 7 heteroatoms. The van der Waals surface area contributed by atoms with E-state index in [0.717, 1.165) is 0 Å². The fraction of sp³-hybridized carbons (Fsp3) is 0.111. The number of aromatic carboxylic acids is 1. The number of rotatable bonds is 5. The number of carbonyl (C=O) groups excluding carboxylic acids is 1. The standard InChI is InChI=1S/C18H13BrO6/c1-23-13-8-4-12(5-9-13)18(15(19)10-16(20)25-18)24-14-6-2-11(3-7-14)17(21)22/h2-10H,1H3,(H,21,22). The van der Waals surface area contributed by atoms with Crippen LogP contribution in [0.25, 0.3) is 0 Å². The van der Waals surface area contributed by atoms with E-state index in [2.05, 4.69) is 15.9 Å². The fourth-order valence-electron chi connectivity index (χ4n) is 2.39. The molecule has 1 aliphatic heterocycles. The van der Waals surface area contributed by atoms with Crippen LogP contribution in [0, 0.1) is 0 Å². The van der Waals surface area contributed by atoms with Crippen molar-refractivity contribution in [2.45, 2.75) is 5.79 Å². The third-order valence-corrected chi connectivity index (χ3v) is 4.39. The van der Waals surface area contributed by atoms with Crippen LogP contribution in [0.5, 0.6) is 11.5 Å². The van der Waals surface area contributed by atoms with E-state index in [0.29, 0.717) is 21.5 Å². The molecule has 0 aromatic heterocycles. The van der Waals surface area contributed by atoms with Crippen molar-refractivity contribution < 1.29 is 28.9 Å². The minimum atomic E-state index is -1.48. The van der Waals surface area contributed by atoms with Crippen molar-refractivity contribution in [2.24, 2.45) is 0 Å². The van der Waals surface area contributed by atoms with Gasteiger partial charge in [0.15, 0.2) is 0 Å². The highest BCUT2D eigenvalue weighted by Crippen LogP contribution is 2.43. The van der Waals surface area contributed by atoms with E-state index < -0.39 is 17.7 Å². The molecule has 2 aromatic rings. The lowest BCUT2D eigenvalue weighted by molar-refractivity contribution is -0.174. The Morgan fingerprint density at radius 3 is 2.16 bits per heavy atom. The minimum Gasteiger partial charge on any atom is -0.497 e. The van der Waals surface area contributed by atoms with Crippen molar-refractivity contribution in [1.82, 2.24) is 0 Å². The van der Waals surface area contributed by atoms with E-state index >= 15 is 0 Å². The Morgan fingerprint density at radius 2 is 1.68 bits per heavy atom. The monoisotopic (exact) mass is 404 g/mol. The molecule has 0 aliphatic carbocycles. The lowest BCUT2D eigenvalue weighted by atomic mass is 10.1. The molecule has 0 fully saturated rings. The first-order valence-corrected chi connectivity index (χ1v) is 8.01. The number of halogens is 1. The molecule has 0 saturated heterocycles. The summed E-state index contributed by atoms with van der Waals surface area (Å²) in [7, 11) is 1.55. The van der Waals surface area contributed by atoms with Gasteiger partial charge in [0, 0.05) is 11.6 Å². The van der Waals surface area contributed by atoms with Crippen molar-refractivity contribution in [2.75, 3.05) is 7.11 Å². The second-order valence-corrected chi connectivity index (χ2v) is 6.04. The first kappa shape index (κ1) is 17.0. The summed E-state index contributed by atoms with van der Waals surface area (Å²) < 4.78 is 16.9. The maximum atomic E-state index is 11.8. The molecule has 0 spiro atoms. The number of carbonyl (C=O) groups is 2. The van der Waals surface area contributed by atoms with Crippen LogP contribution in [0.15, 0.2) is 59.1 Å². The van der Waals surface area contributed by atoms with Crippen molar-refractivity contribution in [1.29, 1.82) is 0 Å². The van der Waals surface area contributed by atoms with E-state index in [1.807, 2.05) is 0 Å². The predicted octanol–water partition coefficient (Wildman–Crippen LogP) is 3.46. The third-order valence-electron chi connectivity index (χ3n) is 3.64. The molecule has 1 N–H and O–H groups in total. The van der Waals surface area contributed by atoms with Crippen LogP contribution >= 0.6 is 15.9 Å². The number of esters is 1. The third kappa shape index (κ3) is 3.23. The molecule has 2 aromatic carbocycles. The Labute approximate surface area is 151 Å². The maximum Gasteiger partial charge on any atom is 0.335 e. The van der Waals surface area contributed by atoms with Gasteiger partial charge in [-0.15, -0.1) is 0 Å². The first-order chi connectivity index (χ1) is 11.9. The molecule has 1 heterocycles. The molecule has 0 amide bonds. The summed E-state index contributed by atoms with van der Waals surface area (Å²) in [5.41, 5.74) is 0.702. The van der Waals surface area contributed by atoms with Gasteiger partial charge >= 0.3 is 17.7 Å². The molecule has 0 bridgehead atoms. The van der Waals surface area contributed by atoms with Crippen LogP contribution in [0.4, 0.5) is 0 Å². The summed E-state index contributed by atoms with van der Waals surface area (Å²) in [6.07, 6.45) is 1.29. The summed E-state index contributed by atoms with van der Waals surface area (Å²) in [6, 6.07) is 12.7. The number of benzene rings is 2. The number of cyclic esters (lactones) is 1. The van der Waals surface area contributed by atoms with Crippen LogP contribution in [-0.2, 0) is 15.3 Å². The van der Waals surface area contributed by atoms with Gasteiger partial charge in [-0.25, -0.2) is 9.59 Å². The zero-order chi connectivity index (χ0) is 18.0. The number of carboxylic acid groups (broad SMARTS) is 1. The number of ether oxygens (including phenoxy) is 3. The second-order valence-electron chi connectivity index (χ2n) is 5.19. The highest BCUT2D eigenvalue weighted by Gasteiger charge is 2.47. The predicted molar refractivity (Wildman–Crippen MR) is 91.8 cm³/mol. The number of methoxy groups -OCH3 is 1. The van der Waals surface area contributed by atoms with E-state index in [9.17, 15) is 9.59 Å². The van der Waals surface area contributed by atoms with Gasteiger partial charge in [0.25, 0.3) is 0 Å². The van der Waals surface area contributed by atoms with Crippen LogP contribution < -0.4 is 9.47 Å². The highest BCUT2D eigenvalue weighted by molar-refractivity contribution is 9.11. The molecule has 1 atom stereocenters. The number of hydrogen-bond donors (Lipinski definition) is 1. The van der Waals surface area contributed by atoms with Gasteiger partial charge in [-0.3, -0.25) is 0 Å². The quantitative estimate of drug-likeness (QED) is 0.768. The maximum absolute atomic E-state index is 11.8. The van der Waals surface area contributed by atoms with Crippen molar-refractivity contribution in [3.63, 3.8) is 0 Å². The lowest BCUT2D eigenvalue weighted by Gasteiger charge is -2.30. The van der Waals surface area contributed by atoms with E-state index in [4.69, 9.17) is 19.3 Å². The Morgan fingerprint density at radius 1 is 1.08 bits per heavy atom. The van der Waals surface area contributed by atoms with E-state index in [-0.39, 0.29) is 5.56 Å². The van der Waals surface area contributed by atoms with Gasteiger partial charge in [-0.2, -0.15) is 0 Å². The van der Waals surface area contributed by atoms with Gasteiger partial charge in [0.2, 0.25) is 0 Å². The first-order valence-electron chi connectivity index (χ1n) is 7.22. The Bertz CT molecular complexity index is 841. The van der Waals surface area contributed by atoms with Gasteiger partial charge < -0.3 is 19.3 Å². The molecule has 3 rings (SSSR count). The Hall–Kier alpha value is -2.80. The van der Waals surface area contributed by atoms with E-state index in [1.54, 1.807) is 31.4 Å². The molecule has 6 nitrogen and oxygen atoms in total. The minimum absolute atomic E-state index is 0.129. The van der Waals surface area contributed by atoms with Crippen LogP contribution in [0.1, 0.15) is 15.9 Å². The van der Waals surface area contributed by atoms with Crippen LogP contribution in [0.3, 0.4) is 0 Å². The fourth-order valence-corrected chi connectivity index (χ4v) is 2.96. The average molecular weight is 405 g/mol. The average Bonchev–Trinajstić information content (AvgIpc) is 2.89. The highest BCUT2D eigenvalue weighted by atomic mass is 79.9. The Balaban J connectivity index is 1.99. The molecule has 1 unspecified atom stereocenters. The van der Waals surface area contributed by atoms with Gasteiger partial charge in [0.1, 0.15) is 11.5 Å². The SMILES string of the molecule is COc1ccc(C2(Oc3ccc(C(=O)O)cc3)OC(=O)C=C2Br)cc1. The molecular weight excluding hydrogens is 392 g/mol. The molecule has 0 saturated carbocycles. The van der Waals surface area contributed by atoms with E-state index in [1.165, 1.54) is 30.3 Å². The van der Waals surface area contributed by atoms with Gasteiger partial charge in [-0.05, 0) is 64.5 Å². The molecule has 1 aliphatic rings. The van der Waals surface area contributed by atoms with Crippen LogP contribution in [-0.4, -0.2) is 24.2 Å². The summed E-state index contributed by atoms with van der Waals surface area (Å²) in [6.45, 7) is 0. The zero-order valence-electron chi connectivity index (χ0n) is 13.1. The summed E-state index contributed by atoms with van der Waals surface area (Å²) in [5, 5.41) is 8.98. The normalized spacial score (nSPS) is 19.1. The molecule has 0 radical (unpaired) electrons. The molecule has 128 valence electrons. The summed E-state index contributed by atoms with van der Waals surface area (Å²) >= 11 is 3.33. The van der Waals surface area contributed by atoms with Crippen molar-refractivity contribution in [3.8, 4) is 11.5 Å². The molecule has 25 heavy (non-hydrogen) atoms. The smallest absolute Gasteiger partial charge is 0.335 e. The lowest BCUT2D eigenvalue weighted by Crippen LogP contribution is -2.34. The zero-order valence-corrected chi connectivity index (χ0v) is 14.6. The van der Waals surface area contributed by atoms with Gasteiger partial charge in [-0.1, -0.05) is 0 Å². The number of hydrogen-bond acceptors (Lipinski definition) is 5. The van der Waals surface area contributed by atoms with Crippen LogP contribution in [0.2, 0.25) is 0 Å². The topological polar surface area (TPSA) is 82.1 Å². The Kier molecular flexibility index (Phi) is 4.50. The van der Waals surface area contributed by atoms with Crippen molar-refractivity contribution in [3.05, 3.63) is 70.2 Å². The number of carboxylic acids is 1. The van der Waals surface area contributed by atoms with Crippen molar-refractivity contribution >= 4 is 27.9 Å². The summed E-state index contributed by atoms with van der Waals surface area (Å²) in [4.78, 5) is 22.7. The second kappa shape index (κ2) is 6.60. The molecular formula is C18H13BrO6.